The molecule has 1 fully saturated rings. The van der Waals surface area contributed by atoms with Crippen molar-refractivity contribution in [2.24, 2.45) is 0 Å². The maximum absolute atomic E-state index is 9.68. The third-order valence-corrected chi connectivity index (χ3v) is 3.73. The third kappa shape index (κ3) is 2.06. The Morgan fingerprint density at radius 2 is 2.00 bits per heavy atom. The van der Waals surface area contributed by atoms with E-state index >= 15 is 0 Å². The van der Waals surface area contributed by atoms with Gasteiger partial charge in [-0.3, -0.25) is 4.98 Å². The summed E-state index contributed by atoms with van der Waals surface area (Å²) in [6, 6.07) is 7.64. The molecular weight excluding hydrogens is 224 g/mol. The number of pyridine rings is 1. The molecule has 0 spiro atoms. The SMILES string of the molecule is Cc1cc(C2CCNCC2)c2cc(O)ccc2n1. The van der Waals surface area contributed by atoms with Gasteiger partial charge in [-0.25, -0.2) is 0 Å². The van der Waals surface area contributed by atoms with E-state index in [1.807, 2.05) is 19.1 Å². The van der Waals surface area contributed by atoms with Crippen molar-refractivity contribution in [1.82, 2.24) is 10.3 Å². The Morgan fingerprint density at radius 1 is 1.22 bits per heavy atom. The second kappa shape index (κ2) is 4.58. The van der Waals surface area contributed by atoms with Crippen molar-refractivity contribution in [1.29, 1.82) is 0 Å². The van der Waals surface area contributed by atoms with E-state index in [0.717, 1.165) is 42.5 Å². The molecule has 1 aliphatic heterocycles. The van der Waals surface area contributed by atoms with Crippen LogP contribution in [0.1, 0.15) is 30.0 Å². The van der Waals surface area contributed by atoms with Crippen molar-refractivity contribution in [2.75, 3.05) is 13.1 Å². The summed E-state index contributed by atoms with van der Waals surface area (Å²) in [5.41, 5.74) is 3.39. The maximum Gasteiger partial charge on any atom is 0.116 e. The molecule has 1 aromatic carbocycles. The Hall–Kier alpha value is -1.61. The van der Waals surface area contributed by atoms with Gasteiger partial charge in [-0.05, 0) is 68.6 Å². The van der Waals surface area contributed by atoms with Gasteiger partial charge in [0.05, 0.1) is 5.52 Å². The number of rotatable bonds is 1. The van der Waals surface area contributed by atoms with Gasteiger partial charge >= 0.3 is 0 Å². The van der Waals surface area contributed by atoms with Crippen LogP contribution in [-0.2, 0) is 0 Å². The molecule has 2 aromatic rings. The van der Waals surface area contributed by atoms with E-state index < -0.39 is 0 Å². The van der Waals surface area contributed by atoms with Gasteiger partial charge < -0.3 is 10.4 Å². The highest BCUT2D eigenvalue weighted by Gasteiger charge is 2.18. The van der Waals surface area contributed by atoms with Crippen LogP contribution in [0.2, 0.25) is 0 Å². The molecule has 94 valence electrons. The van der Waals surface area contributed by atoms with Crippen LogP contribution in [0.25, 0.3) is 10.9 Å². The third-order valence-electron chi connectivity index (χ3n) is 3.73. The lowest BCUT2D eigenvalue weighted by atomic mass is 9.87. The first-order chi connectivity index (χ1) is 8.74. The minimum absolute atomic E-state index is 0.323. The Kier molecular flexibility index (Phi) is 2.92. The fourth-order valence-electron chi connectivity index (χ4n) is 2.85. The molecule has 0 unspecified atom stereocenters. The largest absolute Gasteiger partial charge is 0.508 e. The smallest absolute Gasteiger partial charge is 0.116 e. The Morgan fingerprint density at radius 3 is 2.78 bits per heavy atom. The topological polar surface area (TPSA) is 45.1 Å². The highest BCUT2D eigenvalue weighted by atomic mass is 16.3. The Labute approximate surface area is 107 Å². The number of hydrogen-bond acceptors (Lipinski definition) is 3. The standard InChI is InChI=1S/C15H18N2O/c1-10-8-13(11-4-6-16-7-5-11)14-9-12(18)2-3-15(14)17-10/h2-3,8-9,11,16,18H,4-7H2,1H3. The molecule has 0 radical (unpaired) electrons. The number of aromatic hydroxyl groups is 1. The summed E-state index contributed by atoms with van der Waals surface area (Å²) in [4.78, 5) is 4.55. The predicted octanol–water partition coefficient (Wildman–Crippen LogP) is 2.72. The second-order valence-corrected chi connectivity index (χ2v) is 5.08. The molecule has 0 amide bonds. The predicted molar refractivity (Wildman–Crippen MR) is 73.0 cm³/mol. The lowest BCUT2D eigenvalue weighted by Gasteiger charge is -2.24. The second-order valence-electron chi connectivity index (χ2n) is 5.08. The van der Waals surface area contributed by atoms with Gasteiger partial charge in [0.15, 0.2) is 0 Å². The Balaban J connectivity index is 2.16. The molecule has 0 atom stereocenters. The number of nitrogens with one attached hydrogen (secondary N) is 1. The quantitative estimate of drug-likeness (QED) is 0.808. The van der Waals surface area contributed by atoms with E-state index in [1.165, 1.54) is 5.56 Å². The number of nitrogens with zero attached hydrogens (tertiary/aromatic N) is 1. The summed E-state index contributed by atoms with van der Waals surface area (Å²) in [5.74, 6) is 0.903. The van der Waals surface area contributed by atoms with Crippen LogP contribution in [0.3, 0.4) is 0 Å². The molecule has 18 heavy (non-hydrogen) atoms. The van der Waals surface area contributed by atoms with E-state index in [9.17, 15) is 5.11 Å². The summed E-state index contributed by atoms with van der Waals surface area (Å²) >= 11 is 0. The van der Waals surface area contributed by atoms with Gasteiger partial charge in [-0.15, -0.1) is 0 Å². The van der Waals surface area contributed by atoms with Crippen molar-refractivity contribution >= 4 is 10.9 Å². The van der Waals surface area contributed by atoms with Crippen LogP contribution in [0.15, 0.2) is 24.3 Å². The number of piperidine rings is 1. The first kappa shape index (κ1) is 11.5. The Bertz CT molecular complexity index is 574. The summed E-state index contributed by atoms with van der Waals surface area (Å²) in [6.45, 7) is 4.19. The van der Waals surface area contributed by atoms with E-state index in [0.29, 0.717) is 11.7 Å². The summed E-state index contributed by atoms with van der Waals surface area (Å²) < 4.78 is 0. The molecule has 1 saturated heterocycles. The number of phenols is 1. The van der Waals surface area contributed by atoms with Crippen molar-refractivity contribution in [3.8, 4) is 5.75 Å². The average Bonchev–Trinajstić information content (AvgIpc) is 2.39. The minimum Gasteiger partial charge on any atom is -0.508 e. The summed E-state index contributed by atoms with van der Waals surface area (Å²) in [6.07, 6.45) is 2.32. The zero-order valence-electron chi connectivity index (χ0n) is 10.6. The van der Waals surface area contributed by atoms with Crippen LogP contribution in [0.4, 0.5) is 0 Å². The van der Waals surface area contributed by atoms with Crippen LogP contribution in [0, 0.1) is 6.92 Å². The number of phenolic OH excluding ortho intramolecular Hbond substituents is 1. The number of hydrogen-bond donors (Lipinski definition) is 2. The van der Waals surface area contributed by atoms with Crippen LogP contribution >= 0.6 is 0 Å². The van der Waals surface area contributed by atoms with Crippen molar-refractivity contribution in [2.45, 2.75) is 25.7 Å². The fraction of sp³-hybridized carbons (Fsp3) is 0.400. The molecule has 3 nitrogen and oxygen atoms in total. The normalized spacial score (nSPS) is 17.2. The molecule has 0 bridgehead atoms. The lowest BCUT2D eigenvalue weighted by molar-refractivity contribution is 0.461. The highest BCUT2D eigenvalue weighted by molar-refractivity contribution is 5.84. The van der Waals surface area contributed by atoms with Gasteiger partial charge in [0.25, 0.3) is 0 Å². The monoisotopic (exact) mass is 242 g/mol. The zero-order chi connectivity index (χ0) is 12.5. The molecule has 0 saturated carbocycles. The van der Waals surface area contributed by atoms with Crippen LogP contribution < -0.4 is 5.32 Å². The van der Waals surface area contributed by atoms with E-state index in [-0.39, 0.29) is 0 Å². The lowest BCUT2D eigenvalue weighted by Crippen LogP contribution is -2.26. The van der Waals surface area contributed by atoms with Crippen molar-refractivity contribution in [3.05, 3.63) is 35.5 Å². The molecule has 3 heteroatoms. The first-order valence-electron chi connectivity index (χ1n) is 6.55. The molecule has 1 aromatic heterocycles. The van der Waals surface area contributed by atoms with Gasteiger partial charge in [-0.1, -0.05) is 0 Å². The number of aryl methyl sites for hydroxylation is 1. The number of fused-ring (bicyclic) bond motifs is 1. The zero-order valence-corrected chi connectivity index (χ0v) is 10.6. The van der Waals surface area contributed by atoms with Crippen molar-refractivity contribution < 1.29 is 5.11 Å². The molecule has 2 N–H and O–H groups in total. The molecule has 0 aliphatic carbocycles. The summed E-state index contributed by atoms with van der Waals surface area (Å²) in [7, 11) is 0. The number of benzene rings is 1. The average molecular weight is 242 g/mol. The van der Waals surface area contributed by atoms with Crippen LogP contribution in [0.5, 0.6) is 5.75 Å². The molecular formula is C15H18N2O. The van der Waals surface area contributed by atoms with E-state index in [4.69, 9.17) is 0 Å². The molecule has 2 heterocycles. The number of aromatic nitrogens is 1. The van der Waals surface area contributed by atoms with E-state index in [1.54, 1.807) is 6.07 Å². The highest BCUT2D eigenvalue weighted by Crippen LogP contribution is 2.32. The maximum atomic E-state index is 9.68. The fourth-order valence-corrected chi connectivity index (χ4v) is 2.85. The van der Waals surface area contributed by atoms with Gasteiger partial charge in [0, 0.05) is 11.1 Å². The van der Waals surface area contributed by atoms with Crippen LogP contribution in [-0.4, -0.2) is 23.2 Å². The van der Waals surface area contributed by atoms with Gasteiger partial charge in [0.1, 0.15) is 5.75 Å². The molecule has 3 rings (SSSR count). The van der Waals surface area contributed by atoms with E-state index in [2.05, 4.69) is 16.4 Å². The van der Waals surface area contributed by atoms with Gasteiger partial charge in [0.2, 0.25) is 0 Å². The van der Waals surface area contributed by atoms with Gasteiger partial charge in [-0.2, -0.15) is 0 Å². The summed E-state index contributed by atoms with van der Waals surface area (Å²) in [5, 5.41) is 14.2. The first-order valence-corrected chi connectivity index (χ1v) is 6.55. The van der Waals surface area contributed by atoms with Crippen molar-refractivity contribution in [3.63, 3.8) is 0 Å². The minimum atomic E-state index is 0.323. The molecule has 1 aliphatic rings.